The Hall–Kier alpha value is -2.30. The fraction of sp³-hybridized carbons (Fsp3) is 0.444. The first-order valence-corrected chi connectivity index (χ1v) is 8.18. The minimum Gasteiger partial charge on any atom is -0.384 e. The van der Waals surface area contributed by atoms with Crippen LogP contribution in [0.4, 0.5) is 5.69 Å². The Labute approximate surface area is 137 Å². The van der Waals surface area contributed by atoms with Crippen molar-refractivity contribution in [3.8, 4) is 0 Å². The molecule has 122 valence electrons. The number of para-hydroxylation sites is 1. The summed E-state index contributed by atoms with van der Waals surface area (Å²) in [4.78, 5) is 14.6. The first-order chi connectivity index (χ1) is 11.1. The molecule has 2 heterocycles. The van der Waals surface area contributed by atoms with E-state index in [2.05, 4.69) is 22.5 Å². The van der Waals surface area contributed by atoms with Crippen molar-refractivity contribution >= 4 is 11.6 Å². The van der Waals surface area contributed by atoms with E-state index >= 15 is 0 Å². The SMILES string of the molecule is Cc1cc(C)n(CCN(C)C(=O)c2cccc3c2NCCC3)n1. The van der Waals surface area contributed by atoms with Gasteiger partial charge in [0.1, 0.15) is 0 Å². The first-order valence-electron chi connectivity index (χ1n) is 8.18. The average Bonchev–Trinajstić information content (AvgIpc) is 2.89. The van der Waals surface area contributed by atoms with E-state index < -0.39 is 0 Å². The molecule has 0 fully saturated rings. The molecule has 0 saturated carbocycles. The minimum absolute atomic E-state index is 0.0674. The maximum atomic E-state index is 12.8. The van der Waals surface area contributed by atoms with Gasteiger partial charge in [-0.3, -0.25) is 9.48 Å². The zero-order chi connectivity index (χ0) is 16.4. The molecule has 1 aromatic heterocycles. The molecule has 2 aromatic rings. The molecule has 0 aliphatic carbocycles. The van der Waals surface area contributed by atoms with Gasteiger partial charge in [-0.2, -0.15) is 5.10 Å². The zero-order valence-electron chi connectivity index (χ0n) is 14.1. The zero-order valence-corrected chi connectivity index (χ0v) is 14.1. The van der Waals surface area contributed by atoms with Crippen LogP contribution in [-0.4, -0.2) is 40.7 Å². The summed E-state index contributed by atoms with van der Waals surface area (Å²) >= 11 is 0. The molecule has 1 aliphatic rings. The Kier molecular flexibility index (Phi) is 4.37. The fourth-order valence-electron chi connectivity index (χ4n) is 3.14. The third-order valence-electron chi connectivity index (χ3n) is 4.40. The topological polar surface area (TPSA) is 50.2 Å². The molecule has 1 amide bonds. The Morgan fingerprint density at radius 2 is 2.22 bits per heavy atom. The van der Waals surface area contributed by atoms with Crippen LogP contribution in [-0.2, 0) is 13.0 Å². The summed E-state index contributed by atoms with van der Waals surface area (Å²) in [5.41, 5.74) is 5.17. The van der Waals surface area contributed by atoms with Gasteiger partial charge in [0.25, 0.3) is 5.91 Å². The summed E-state index contributed by atoms with van der Waals surface area (Å²) in [5, 5.41) is 7.84. The van der Waals surface area contributed by atoms with Crippen molar-refractivity contribution in [2.75, 3.05) is 25.5 Å². The lowest BCUT2D eigenvalue weighted by Crippen LogP contribution is -2.31. The van der Waals surface area contributed by atoms with Crippen LogP contribution in [0.3, 0.4) is 0 Å². The molecule has 0 bridgehead atoms. The number of carbonyl (C=O) groups excluding carboxylic acids is 1. The molecule has 0 spiro atoms. The van der Waals surface area contributed by atoms with Gasteiger partial charge in [0.05, 0.1) is 23.5 Å². The number of hydrogen-bond acceptors (Lipinski definition) is 3. The summed E-state index contributed by atoms with van der Waals surface area (Å²) in [5.74, 6) is 0.0674. The summed E-state index contributed by atoms with van der Waals surface area (Å²) in [7, 11) is 1.86. The molecule has 0 atom stereocenters. The van der Waals surface area contributed by atoms with Crippen molar-refractivity contribution < 1.29 is 4.79 Å². The maximum Gasteiger partial charge on any atom is 0.255 e. The van der Waals surface area contributed by atoms with E-state index in [1.165, 1.54) is 5.56 Å². The van der Waals surface area contributed by atoms with Gasteiger partial charge >= 0.3 is 0 Å². The molecule has 1 aromatic carbocycles. The molecule has 0 saturated heterocycles. The smallest absolute Gasteiger partial charge is 0.255 e. The highest BCUT2D eigenvalue weighted by molar-refractivity contribution is 6.00. The standard InChI is InChI=1S/C18H24N4O/c1-13-12-14(2)22(20-13)11-10-21(3)18(23)16-8-4-6-15-7-5-9-19-17(15)16/h4,6,8,12,19H,5,7,9-11H2,1-3H3. The van der Waals surface area contributed by atoms with Gasteiger partial charge in [-0.1, -0.05) is 12.1 Å². The lowest BCUT2D eigenvalue weighted by atomic mass is 9.99. The largest absolute Gasteiger partial charge is 0.384 e. The Balaban J connectivity index is 1.71. The van der Waals surface area contributed by atoms with Crippen molar-refractivity contribution in [2.24, 2.45) is 0 Å². The van der Waals surface area contributed by atoms with Crippen LogP contribution >= 0.6 is 0 Å². The Morgan fingerprint density at radius 3 is 2.96 bits per heavy atom. The average molecular weight is 312 g/mol. The number of likely N-dealkylation sites (N-methyl/N-ethyl adjacent to an activating group) is 1. The second-order valence-electron chi connectivity index (χ2n) is 6.25. The number of anilines is 1. The fourth-order valence-corrected chi connectivity index (χ4v) is 3.14. The molecule has 5 nitrogen and oxygen atoms in total. The third kappa shape index (κ3) is 3.23. The number of fused-ring (bicyclic) bond motifs is 1. The summed E-state index contributed by atoms with van der Waals surface area (Å²) in [6.07, 6.45) is 2.16. The minimum atomic E-state index is 0.0674. The van der Waals surface area contributed by atoms with Crippen molar-refractivity contribution in [3.05, 3.63) is 46.8 Å². The van der Waals surface area contributed by atoms with Crippen molar-refractivity contribution in [1.82, 2.24) is 14.7 Å². The van der Waals surface area contributed by atoms with Crippen LogP contribution in [0.1, 0.15) is 33.7 Å². The molecule has 0 radical (unpaired) electrons. The van der Waals surface area contributed by atoms with Gasteiger partial charge in [-0.05, 0) is 44.4 Å². The lowest BCUT2D eigenvalue weighted by Gasteiger charge is -2.24. The van der Waals surface area contributed by atoms with Crippen LogP contribution in [0.5, 0.6) is 0 Å². The highest BCUT2D eigenvalue weighted by Gasteiger charge is 2.20. The van der Waals surface area contributed by atoms with E-state index in [9.17, 15) is 4.79 Å². The number of rotatable bonds is 4. The number of benzene rings is 1. The van der Waals surface area contributed by atoms with Crippen LogP contribution < -0.4 is 5.32 Å². The second-order valence-corrected chi connectivity index (χ2v) is 6.25. The van der Waals surface area contributed by atoms with Crippen molar-refractivity contribution in [2.45, 2.75) is 33.2 Å². The monoisotopic (exact) mass is 312 g/mol. The molecule has 1 aliphatic heterocycles. The number of hydrogen-bond donors (Lipinski definition) is 1. The number of nitrogens with zero attached hydrogens (tertiary/aromatic N) is 3. The normalized spacial score (nSPS) is 13.3. The predicted octanol–water partition coefficient (Wildman–Crippen LogP) is 2.63. The van der Waals surface area contributed by atoms with Gasteiger partial charge in [-0.25, -0.2) is 0 Å². The molecule has 5 heteroatoms. The molecular weight excluding hydrogens is 288 g/mol. The Bertz CT molecular complexity index is 720. The number of carbonyl (C=O) groups is 1. The predicted molar refractivity (Wildman–Crippen MR) is 91.9 cm³/mol. The van der Waals surface area contributed by atoms with Gasteiger partial charge in [0, 0.05) is 25.8 Å². The maximum absolute atomic E-state index is 12.8. The molecule has 23 heavy (non-hydrogen) atoms. The molecule has 3 rings (SSSR count). The Morgan fingerprint density at radius 1 is 1.39 bits per heavy atom. The van der Waals surface area contributed by atoms with Crippen molar-refractivity contribution in [1.29, 1.82) is 0 Å². The second kappa shape index (κ2) is 6.44. The summed E-state index contributed by atoms with van der Waals surface area (Å²) < 4.78 is 1.96. The van der Waals surface area contributed by atoms with E-state index in [0.29, 0.717) is 13.1 Å². The molecule has 1 N–H and O–H groups in total. The van der Waals surface area contributed by atoms with Gasteiger partial charge in [0.2, 0.25) is 0 Å². The van der Waals surface area contributed by atoms with Crippen LogP contribution in [0.15, 0.2) is 24.3 Å². The van der Waals surface area contributed by atoms with Gasteiger partial charge < -0.3 is 10.2 Å². The van der Waals surface area contributed by atoms with Gasteiger partial charge in [0.15, 0.2) is 0 Å². The lowest BCUT2D eigenvalue weighted by molar-refractivity contribution is 0.0789. The third-order valence-corrected chi connectivity index (χ3v) is 4.40. The molecule has 0 unspecified atom stereocenters. The van der Waals surface area contributed by atoms with E-state index in [4.69, 9.17) is 0 Å². The van der Waals surface area contributed by atoms with E-state index in [0.717, 1.165) is 42.0 Å². The quantitative estimate of drug-likeness (QED) is 0.944. The van der Waals surface area contributed by atoms with E-state index in [1.54, 1.807) is 4.90 Å². The van der Waals surface area contributed by atoms with Crippen LogP contribution in [0.25, 0.3) is 0 Å². The highest BCUT2D eigenvalue weighted by Crippen LogP contribution is 2.26. The highest BCUT2D eigenvalue weighted by atomic mass is 16.2. The van der Waals surface area contributed by atoms with Crippen molar-refractivity contribution in [3.63, 3.8) is 0 Å². The number of amides is 1. The van der Waals surface area contributed by atoms with Crippen LogP contribution in [0, 0.1) is 13.8 Å². The van der Waals surface area contributed by atoms with Crippen LogP contribution in [0.2, 0.25) is 0 Å². The number of aromatic nitrogens is 2. The molecular formula is C18H24N4O. The summed E-state index contributed by atoms with van der Waals surface area (Å²) in [6.45, 7) is 6.32. The van der Waals surface area contributed by atoms with Gasteiger partial charge in [-0.15, -0.1) is 0 Å². The van der Waals surface area contributed by atoms with E-state index in [1.807, 2.05) is 37.7 Å². The number of aryl methyl sites for hydroxylation is 3. The first kappa shape index (κ1) is 15.6. The van der Waals surface area contributed by atoms with E-state index in [-0.39, 0.29) is 5.91 Å². The number of nitrogens with one attached hydrogen (secondary N) is 1. The summed E-state index contributed by atoms with van der Waals surface area (Å²) in [6, 6.07) is 8.06.